The van der Waals surface area contributed by atoms with Crippen molar-refractivity contribution in [3.05, 3.63) is 0 Å². The van der Waals surface area contributed by atoms with Crippen molar-refractivity contribution in [2.75, 3.05) is 46.0 Å². The fourth-order valence-corrected chi connectivity index (χ4v) is 3.78. The van der Waals surface area contributed by atoms with Crippen molar-refractivity contribution in [3.63, 3.8) is 0 Å². The minimum Gasteiger partial charge on any atom is -0.396 e. The van der Waals surface area contributed by atoms with E-state index in [0.717, 1.165) is 45.7 Å². The van der Waals surface area contributed by atoms with Gasteiger partial charge in [0.2, 0.25) is 0 Å². The van der Waals surface area contributed by atoms with Crippen molar-refractivity contribution in [2.45, 2.75) is 52.0 Å². The number of aliphatic hydroxyl groups is 1. The van der Waals surface area contributed by atoms with E-state index in [1.807, 2.05) is 0 Å². The third-order valence-electron chi connectivity index (χ3n) is 4.97. The molecule has 0 radical (unpaired) electrons. The molecular formula is C17H34N2O2. The molecule has 0 bridgehead atoms. The van der Waals surface area contributed by atoms with Gasteiger partial charge in [0, 0.05) is 37.8 Å². The first-order valence-electron chi connectivity index (χ1n) is 8.78. The molecule has 2 fully saturated rings. The molecule has 2 unspecified atom stereocenters. The van der Waals surface area contributed by atoms with Gasteiger partial charge in [-0.05, 0) is 51.1 Å². The molecule has 0 aromatic rings. The van der Waals surface area contributed by atoms with Crippen molar-refractivity contribution >= 4 is 0 Å². The molecule has 0 aromatic carbocycles. The summed E-state index contributed by atoms with van der Waals surface area (Å²) in [4.78, 5) is 2.67. The van der Waals surface area contributed by atoms with Crippen LogP contribution in [0.3, 0.4) is 0 Å². The summed E-state index contributed by atoms with van der Waals surface area (Å²) in [6.45, 7) is 11.2. The lowest BCUT2D eigenvalue weighted by Crippen LogP contribution is -2.46. The van der Waals surface area contributed by atoms with Crippen LogP contribution in [0.2, 0.25) is 0 Å². The fraction of sp³-hybridized carbons (Fsp3) is 1.00. The van der Waals surface area contributed by atoms with Gasteiger partial charge in [0.15, 0.2) is 0 Å². The van der Waals surface area contributed by atoms with E-state index in [1.165, 1.54) is 25.8 Å². The van der Waals surface area contributed by atoms with Crippen LogP contribution >= 0.6 is 0 Å². The number of hydrogen-bond acceptors (Lipinski definition) is 4. The van der Waals surface area contributed by atoms with Crippen LogP contribution in [0.25, 0.3) is 0 Å². The first-order valence-corrected chi connectivity index (χ1v) is 8.78. The highest BCUT2D eigenvalue weighted by Crippen LogP contribution is 2.33. The topological polar surface area (TPSA) is 44.7 Å². The third-order valence-corrected chi connectivity index (χ3v) is 4.97. The van der Waals surface area contributed by atoms with E-state index in [4.69, 9.17) is 9.84 Å². The van der Waals surface area contributed by atoms with E-state index < -0.39 is 0 Å². The molecule has 2 atom stereocenters. The van der Waals surface area contributed by atoms with Crippen LogP contribution in [0.1, 0.15) is 46.0 Å². The summed E-state index contributed by atoms with van der Waals surface area (Å²) in [5.74, 6) is 0.702. The first-order chi connectivity index (χ1) is 10.2. The van der Waals surface area contributed by atoms with Crippen LogP contribution < -0.4 is 5.32 Å². The molecule has 0 aromatic heterocycles. The highest BCUT2D eigenvalue weighted by atomic mass is 16.5. The number of hydrogen-bond donors (Lipinski definition) is 2. The van der Waals surface area contributed by atoms with Crippen LogP contribution in [-0.4, -0.2) is 62.0 Å². The smallest absolute Gasteiger partial charge is 0.0547 e. The van der Waals surface area contributed by atoms with E-state index in [9.17, 15) is 0 Å². The Morgan fingerprint density at radius 1 is 1.43 bits per heavy atom. The molecule has 4 heteroatoms. The molecule has 2 saturated heterocycles. The summed E-state index contributed by atoms with van der Waals surface area (Å²) in [6.07, 6.45) is 5.88. The molecular weight excluding hydrogens is 264 g/mol. The average molecular weight is 298 g/mol. The quantitative estimate of drug-likeness (QED) is 0.682. The molecule has 0 spiro atoms. The maximum atomic E-state index is 9.07. The Morgan fingerprint density at radius 3 is 2.95 bits per heavy atom. The maximum absolute atomic E-state index is 9.07. The normalized spacial score (nSPS) is 30.6. The Kier molecular flexibility index (Phi) is 6.93. The van der Waals surface area contributed by atoms with Gasteiger partial charge in [0.1, 0.15) is 0 Å². The van der Waals surface area contributed by atoms with E-state index in [2.05, 4.69) is 24.1 Å². The van der Waals surface area contributed by atoms with Crippen LogP contribution in [0.15, 0.2) is 0 Å². The Morgan fingerprint density at radius 2 is 2.29 bits per heavy atom. The SMILES string of the molecule is CC(C)CNCC1(CN2CCCC2CCCO)CCOC1. The van der Waals surface area contributed by atoms with Crippen LogP contribution in [-0.2, 0) is 4.74 Å². The van der Waals surface area contributed by atoms with Crippen molar-refractivity contribution < 1.29 is 9.84 Å². The molecule has 4 nitrogen and oxygen atoms in total. The van der Waals surface area contributed by atoms with Gasteiger partial charge in [0.25, 0.3) is 0 Å². The van der Waals surface area contributed by atoms with Gasteiger partial charge < -0.3 is 15.2 Å². The molecule has 2 aliphatic rings. The Balaban J connectivity index is 1.86. The Labute approximate surface area is 130 Å². The minimum absolute atomic E-state index is 0.302. The van der Waals surface area contributed by atoms with Crippen molar-refractivity contribution in [2.24, 2.45) is 11.3 Å². The molecule has 124 valence electrons. The first kappa shape index (κ1) is 17.2. The fourth-order valence-electron chi connectivity index (χ4n) is 3.78. The molecule has 0 saturated carbocycles. The molecule has 0 aliphatic carbocycles. The van der Waals surface area contributed by atoms with Crippen molar-refractivity contribution in [3.8, 4) is 0 Å². The maximum Gasteiger partial charge on any atom is 0.0547 e. The van der Waals surface area contributed by atoms with Gasteiger partial charge in [0.05, 0.1) is 6.61 Å². The molecule has 21 heavy (non-hydrogen) atoms. The summed E-state index contributed by atoms with van der Waals surface area (Å²) in [5, 5.41) is 12.7. The predicted molar refractivity (Wildman–Crippen MR) is 86.5 cm³/mol. The lowest BCUT2D eigenvalue weighted by atomic mass is 9.86. The third kappa shape index (κ3) is 5.20. The van der Waals surface area contributed by atoms with Crippen LogP contribution in [0, 0.1) is 11.3 Å². The van der Waals surface area contributed by atoms with Gasteiger partial charge in [-0.25, -0.2) is 0 Å². The Bertz CT molecular complexity index is 291. The van der Waals surface area contributed by atoms with Gasteiger partial charge >= 0.3 is 0 Å². The summed E-state index contributed by atoms with van der Waals surface area (Å²) in [7, 11) is 0. The largest absolute Gasteiger partial charge is 0.396 e. The highest BCUT2D eigenvalue weighted by Gasteiger charge is 2.39. The zero-order chi connectivity index (χ0) is 15.1. The standard InChI is InChI=1S/C17H34N2O2/c1-15(2)11-18-12-17(7-10-21-14-17)13-19-8-3-5-16(19)6-4-9-20/h15-16,18,20H,3-14H2,1-2H3. The zero-order valence-electron chi connectivity index (χ0n) is 13.9. The molecule has 2 heterocycles. The predicted octanol–water partition coefficient (Wildman–Crippen LogP) is 1.88. The number of rotatable bonds is 9. The zero-order valence-corrected chi connectivity index (χ0v) is 13.9. The second-order valence-corrected chi connectivity index (χ2v) is 7.46. The van der Waals surface area contributed by atoms with Gasteiger partial charge in [-0.2, -0.15) is 0 Å². The van der Waals surface area contributed by atoms with E-state index in [-0.39, 0.29) is 0 Å². The van der Waals surface area contributed by atoms with E-state index in [1.54, 1.807) is 0 Å². The number of likely N-dealkylation sites (tertiary alicyclic amines) is 1. The second-order valence-electron chi connectivity index (χ2n) is 7.46. The van der Waals surface area contributed by atoms with E-state index >= 15 is 0 Å². The van der Waals surface area contributed by atoms with E-state index in [0.29, 0.717) is 24.0 Å². The number of nitrogens with one attached hydrogen (secondary N) is 1. The Hall–Kier alpha value is -0.160. The van der Waals surface area contributed by atoms with Crippen molar-refractivity contribution in [1.29, 1.82) is 0 Å². The summed E-state index contributed by atoms with van der Waals surface area (Å²) in [5.41, 5.74) is 0.302. The van der Waals surface area contributed by atoms with Crippen LogP contribution in [0.5, 0.6) is 0 Å². The number of ether oxygens (including phenoxy) is 1. The van der Waals surface area contributed by atoms with Gasteiger partial charge in [-0.1, -0.05) is 13.8 Å². The molecule has 0 amide bonds. The summed E-state index contributed by atoms with van der Waals surface area (Å²) < 4.78 is 5.74. The second kappa shape index (κ2) is 8.47. The molecule has 2 rings (SSSR count). The lowest BCUT2D eigenvalue weighted by molar-refractivity contribution is 0.0976. The van der Waals surface area contributed by atoms with Gasteiger partial charge in [-0.3, -0.25) is 4.90 Å². The number of aliphatic hydroxyl groups excluding tert-OH is 1. The number of nitrogens with zero attached hydrogens (tertiary/aromatic N) is 1. The lowest BCUT2D eigenvalue weighted by Gasteiger charge is -2.35. The monoisotopic (exact) mass is 298 g/mol. The summed E-state index contributed by atoms with van der Waals surface area (Å²) in [6, 6.07) is 0.680. The molecule has 2 aliphatic heterocycles. The summed E-state index contributed by atoms with van der Waals surface area (Å²) >= 11 is 0. The van der Waals surface area contributed by atoms with Crippen molar-refractivity contribution in [1.82, 2.24) is 10.2 Å². The average Bonchev–Trinajstić information content (AvgIpc) is 3.07. The van der Waals surface area contributed by atoms with Gasteiger partial charge in [-0.15, -0.1) is 0 Å². The highest BCUT2D eigenvalue weighted by molar-refractivity contribution is 4.92. The molecule has 2 N–H and O–H groups in total. The van der Waals surface area contributed by atoms with Crippen LogP contribution in [0.4, 0.5) is 0 Å². The minimum atomic E-state index is 0.302.